The number of nitrogens with one attached hydrogen (secondary N) is 1. The van der Waals surface area contributed by atoms with Gasteiger partial charge in [0.25, 0.3) is 0 Å². The van der Waals surface area contributed by atoms with Crippen LogP contribution in [0, 0.1) is 5.92 Å². The highest BCUT2D eigenvalue weighted by molar-refractivity contribution is 5.54. The fraction of sp³-hybridized carbons (Fsp3) is 0.647. The molecule has 0 aromatic heterocycles. The lowest BCUT2D eigenvalue weighted by Gasteiger charge is -2.25. The van der Waals surface area contributed by atoms with Gasteiger partial charge in [0.1, 0.15) is 5.75 Å². The maximum atomic E-state index is 10.3. The second-order valence-corrected chi connectivity index (χ2v) is 5.91. The van der Waals surface area contributed by atoms with E-state index in [-0.39, 0.29) is 6.04 Å². The van der Waals surface area contributed by atoms with Crippen molar-refractivity contribution in [3.8, 4) is 5.75 Å². The molecule has 3 nitrogen and oxygen atoms in total. The fourth-order valence-electron chi connectivity index (χ4n) is 2.72. The van der Waals surface area contributed by atoms with Crippen molar-refractivity contribution in [2.24, 2.45) is 5.92 Å². The van der Waals surface area contributed by atoms with Gasteiger partial charge in [-0.15, -0.1) is 0 Å². The van der Waals surface area contributed by atoms with Gasteiger partial charge >= 0.3 is 0 Å². The van der Waals surface area contributed by atoms with Crippen LogP contribution in [0.3, 0.4) is 0 Å². The molecule has 0 radical (unpaired) electrons. The first kappa shape index (κ1) is 15.2. The highest BCUT2D eigenvalue weighted by Gasteiger charge is 2.24. The molecule has 3 heteroatoms. The maximum Gasteiger partial charge on any atom is 0.122 e. The van der Waals surface area contributed by atoms with E-state index < -0.39 is 0 Å². The number of benzene rings is 1. The summed E-state index contributed by atoms with van der Waals surface area (Å²) in [6.45, 7) is 9.49. The lowest BCUT2D eigenvalue weighted by Crippen LogP contribution is -2.26. The summed E-state index contributed by atoms with van der Waals surface area (Å²) in [5.41, 5.74) is 2.14. The average Bonchev–Trinajstić information content (AvgIpc) is 3.22. The lowest BCUT2D eigenvalue weighted by molar-refractivity contribution is 0.454. The van der Waals surface area contributed by atoms with Gasteiger partial charge in [0.15, 0.2) is 0 Å². The van der Waals surface area contributed by atoms with Gasteiger partial charge < -0.3 is 15.3 Å². The Balaban J connectivity index is 2.12. The number of nitrogens with zero attached hydrogens (tertiary/aromatic N) is 1. The quantitative estimate of drug-likeness (QED) is 0.760. The molecule has 1 aliphatic carbocycles. The minimum atomic E-state index is 0.192. The molecule has 1 unspecified atom stereocenters. The van der Waals surface area contributed by atoms with Crippen LogP contribution in [0.4, 0.5) is 5.69 Å². The Hall–Kier alpha value is -1.22. The van der Waals surface area contributed by atoms with Gasteiger partial charge in [-0.05, 0) is 44.7 Å². The normalized spacial score (nSPS) is 16.1. The highest BCUT2D eigenvalue weighted by Crippen LogP contribution is 2.34. The van der Waals surface area contributed by atoms with Crippen LogP contribution in [-0.2, 0) is 0 Å². The number of hydrogen-bond acceptors (Lipinski definition) is 3. The molecule has 1 aromatic rings. The minimum Gasteiger partial charge on any atom is -0.508 e. The van der Waals surface area contributed by atoms with Crippen LogP contribution in [0.25, 0.3) is 0 Å². The molecule has 20 heavy (non-hydrogen) atoms. The zero-order valence-corrected chi connectivity index (χ0v) is 13.0. The monoisotopic (exact) mass is 276 g/mol. The predicted molar refractivity (Wildman–Crippen MR) is 85.4 cm³/mol. The Bertz CT molecular complexity index is 429. The van der Waals surface area contributed by atoms with Crippen molar-refractivity contribution in [1.29, 1.82) is 0 Å². The molecule has 2 rings (SSSR count). The van der Waals surface area contributed by atoms with Crippen molar-refractivity contribution in [2.45, 2.75) is 46.1 Å². The molecule has 0 heterocycles. The van der Waals surface area contributed by atoms with Gasteiger partial charge in [0.05, 0.1) is 0 Å². The Labute approximate surface area is 123 Å². The van der Waals surface area contributed by atoms with Gasteiger partial charge in [-0.1, -0.05) is 19.9 Å². The van der Waals surface area contributed by atoms with Crippen molar-refractivity contribution in [1.82, 2.24) is 5.32 Å². The SMILES string of the molecule is CCCN(CC1CC1)c1ccc(C(C)NCC)c(O)c1. The Morgan fingerprint density at radius 1 is 1.35 bits per heavy atom. The summed E-state index contributed by atoms with van der Waals surface area (Å²) in [5, 5.41) is 13.6. The number of phenols is 1. The molecule has 0 aliphatic heterocycles. The van der Waals surface area contributed by atoms with E-state index in [0.29, 0.717) is 5.75 Å². The van der Waals surface area contributed by atoms with E-state index in [1.807, 2.05) is 6.07 Å². The Morgan fingerprint density at radius 3 is 2.65 bits per heavy atom. The number of hydrogen-bond donors (Lipinski definition) is 2. The van der Waals surface area contributed by atoms with Gasteiger partial charge in [-0.25, -0.2) is 0 Å². The largest absolute Gasteiger partial charge is 0.508 e. The molecule has 0 bridgehead atoms. The number of phenolic OH excluding ortho intramolecular Hbond substituents is 1. The summed E-state index contributed by atoms with van der Waals surface area (Å²) in [6, 6.07) is 6.34. The zero-order valence-electron chi connectivity index (χ0n) is 13.0. The van der Waals surface area contributed by atoms with Crippen molar-refractivity contribution in [3.63, 3.8) is 0 Å². The molecule has 1 fully saturated rings. The van der Waals surface area contributed by atoms with Crippen LogP contribution >= 0.6 is 0 Å². The van der Waals surface area contributed by atoms with E-state index in [9.17, 15) is 5.11 Å². The second kappa shape index (κ2) is 6.98. The zero-order chi connectivity index (χ0) is 14.5. The van der Waals surface area contributed by atoms with Crippen LogP contribution in [-0.4, -0.2) is 24.7 Å². The summed E-state index contributed by atoms with van der Waals surface area (Å²) in [6.07, 6.45) is 3.87. The van der Waals surface area contributed by atoms with Crippen LogP contribution < -0.4 is 10.2 Å². The molecule has 1 atom stereocenters. The van der Waals surface area contributed by atoms with E-state index >= 15 is 0 Å². The maximum absolute atomic E-state index is 10.3. The Kier molecular flexibility index (Phi) is 5.30. The van der Waals surface area contributed by atoms with Crippen LogP contribution in [0.1, 0.15) is 51.6 Å². The summed E-state index contributed by atoms with van der Waals surface area (Å²) < 4.78 is 0. The van der Waals surface area contributed by atoms with Crippen molar-refractivity contribution >= 4 is 5.69 Å². The average molecular weight is 276 g/mol. The molecule has 0 saturated heterocycles. The fourth-order valence-corrected chi connectivity index (χ4v) is 2.72. The van der Waals surface area contributed by atoms with Gasteiger partial charge in [-0.2, -0.15) is 0 Å². The molecule has 0 amide bonds. The van der Waals surface area contributed by atoms with Gasteiger partial charge in [0, 0.05) is 36.4 Å². The smallest absolute Gasteiger partial charge is 0.122 e. The number of aromatic hydroxyl groups is 1. The third kappa shape index (κ3) is 3.89. The molecule has 2 N–H and O–H groups in total. The van der Waals surface area contributed by atoms with E-state index in [0.717, 1.165) is 43.2 Å². The van der Waals surface area contributed by atoms with Crippen molar-refractivity contribution in [2.75, 3.05) is 24.5 Å². The van der Waals surface area contributed by atoms with E-state index in [4.69, 9.17) is 0 Å². The summed E-state index contributed by atoms with van der Waals surface area (Å²) in [5.74, 6) is 1.27. The highest BCUT2D eigenvalue weighted by atomic mass is 16.3. The molecule has 112 valence electrons. The van der Waals surface area contributed by atoms with Crippen LogP contribution in [0.5, 0.6) is 5.75 Å². The van der Waals surface area contributed by atoms with Crippen molar-refractivity contribution < 1.29 is 5.11 Å². The number of rotatable bonds is 8. The van der Waals surface area contributed by atoms with Crippen molar-refractivity contribution in [3.05, 3.63) is 23.8 Å². The third-order valence-electron chi connectivity index (χ3n) is 4.03. The van der Waals surface area contributed by atoms with E-state index in [1.54, 1.807) is 0 Å². The first-order chi connectivity index (χ1) is 9.65. The lowest BCUT2D eigenvalue weighted by atomic mass is 10.1. The summed E-state index contributed by atoms with van der Waals surface area (Å²) >= 11 is 0. The molecule has 0 spiro atoms. The topological polar surface area (TPSA) is 35.5 Å². The van der Waals surface area contributed by atoms with Gasteiger partial charge in [-0.3, -0.25) is 0 Å². The summed E-state index contributed by atoms with van der Waals surface area (Å²) in [4.78, 5) is 2.42. The van der Waals surface area contributed by atoms with Crippen LogP contribution in [0.15, 0.2) is 18.2 Å². The standard InChI is InChI=1S/C17H28N2O/c1-4-10-19(12-14-6-7-14)15-8-9-16(17(20)11-15)13(3)18-5-2/h8-9,11,13-14,18,20H,4-7,10,12H2,1-3H3. The second-order valence-electron chi connectivity index (χ2n) is 5.91. The molecular weight excluding hydrogens is 248 g/mol. The Morgan fingerprint density at radius 2 is 2.10 bits per heavy atom. The van der Waals surface area contributed by atoms with E-state index in [2.05, 4.69) is 43.1 Å². The first-order valence-corrected chi connectivity index (χ1v) is 7.96. The molecule has 1 aliphatic rings. The third-order valence-corrected chi connectivity index (χ3v) is 4.03. The first-order valence-electron chi connectivity index (χ1n) is 7.96. The minimum absolute atomic E-state index is 0.192. The van der Waals surface area contributed by atoms with E-state index in [1.165, 1.54) is 12.8 Å². The summed E-state index contributed by atoms with van der Waals surface area (Å²) in [7, 11) is 0. The molecular formula is C17H28N2O. The van der Waals surface area contributed by atoms with Crippen LogP contribution in [0.2, 0.25) is 0 Å². The molecule has 1 saturated carbocycles. The van der Waals surface area contributed by atoms with Gasteiger partial charge in [0.2, 0.25) is 0 Å². The predicted octanol–water partition coefficient (Wildman–Crippen LogP) is 3.69. The molecule has 1 aromatic carbocycles. The number of anilines is 1.